The van der Waals surface area contributed by atoms with Crippen LogP contribution in [-0.4, -0.2) is 31.9 Å². The summed E-state index contributed by atoms with van der Waals surface area (Å²) in [6, 6.07) is 7.72. The van der Waals surface area contributed by atoms with Crippen LogP contribution in [0.25, 0.3) is 0 Å². The van der Waals surface area contributed by atoms with Gasteiger partial charge >= 0.3 is 0 Å². The molecule has 1 saturated carbocycles. The van der Waals surface area contributed by atoms with Crippen LogP contribution in [0.2, 0.25) is 0 Å². The molecule has 0 amide bonds. The van der Waals surface area contributed by atoms with E-state index in [1.807, 2.05) is 19.1 Å². The topological polar surface area (TPSA) is 63.4 Å². The van der Waals surface area contributed by atoms with Gasteiger partial charge < -0.3 is 5.73 Å². The summed E-state index contributed by atoms with van der Waals surface area (Å²) in [6.45, 7) is 3.07. The van der Waals surface area contributed by atoms with E-state index >= 15 is 0 Å². The normalized spacial score (nSPS) is 26.8. The van der Waals surface area contributed by atoms with Crippen molar-refractivity contribution in [2.24, 2.45) is 11.7 Å². The molecule has 1 aliphatic heterocycles. The molecule has 24 heavy (non-hydrogen) atoms. The van der Waals surface area contributed by atoms with Crippen molar-refractivity contribution >= 4 is 22.4 Å². The Bertz CT molecular complexity index is 627. The maximum absolute atomic E-state index is 12.8. The number of nitrogens with zero attached hydrogens (tertiary/aromatic N) is 1. The van der Waals surface area contributed by atoms with Crippen molar-refractivity contribution in [2.75, 3.05) is 13.1 Å². The number of rotatable bonds is 3. The Hall–Kier alpha value is -0.620. The molecule has 1 aromatic rings. The summed E-state index contributed by atoms with van der Waals surface area (Å²) in [5.41, 5.74) is 7.29. The molecule has 0 aromatic heterocycles. The van der Waals surface area contributed by atoms with Gasteiger partial charge in [-0.1, -0.05) is 38.3 Å². The molecule has 136 valence electrons. The Morgan fingerprint density at radius 2 is 1.67 bits per heavy atom. The molecule has 1 aromatic carbocycles. The molecule has 2 N–H and O–H groups in total. The first kappa shape index (κ1) is 19.7. The third-order valence-electron chi connectivity index (χ3n) is 5.53. The smallest absolute Gasteiger partial charge is 0.243 e. The largest absolute Gasteiger partial charge is 0.327 e. The summed E-state index contributed by atoms with van der Waals surface area (Å²) >= 11 is 0. The monoisotopic (exact) mass is 372 g/mol. The van der Waals surface area contributed by atoms with Crippen LogP contribution in [0, 0.1) is 5.92 Å². The van der Waals surface area contributed by atoms with Gasteiger partial charge in [0.15, 0.2) is 0 Å². The average Bonchev–Trinajstić information content (AvgIpc) is 2.58. The van der Waals surface area contributed by atoms with E-state index in [4.69, 9.17) is 5.73 Å². The van der Waals surface area contributed by atoms with Gasteiger partial charge in [-0.3, -0.25) is 0 Å². The van der Waals surface area contributed by atoms with Crippen LogP contribution in [0.4, 0.5) is 0 Å². The lowest BCUT2D eigenvalue weighted by atomic mass is 9.84. The predicted octanol–water partition coefficient (Wildman–Crippen LogP) is 3.51. The molecule has 4 nitrogen and oxygen atoms in total. The van der Waals surface area contributed by atoms with E-state index in [0.717, 1.165) is 6.42 Å². The third kappa shape index (κ3) is 4.13. The van der Waals surface area contributed by atoms with Gasteiger partial charge in [0, 0.05) is 19.1 Å². The van der Waals surface area contributed by atoms with E-state index in [9.17, 15) is 8.42 Å². The fourth-order valence-electron chi connectivity index (χ4n) is 3.84. The number of hydrogen-bond acceptors (Lipinski definition) is 3. The summed E-state index contributed by atoms with van der Waals surface area (Å²) < 4.78 is 27.2. The van der Waals surface area contributed by atoms with Gasteiger partial charge in [0.25, 0.3) is 0 Å². The van der Waals surface area contributed by atoms with Crippen LogP contribution in [0.3, 0.4) is 0 Å². The van der Waals surface area contributed by atoms with Crippen LogP contribution >= 0.6 is 12.4 Å². The first-order valence-corrected chi connectivity index (χ1v) is 10.3. The van der Waals surface area contributed by atoms with Gasteiger partial charge in [-0.2, -0.15) is 4.31 Å². The van der Waals surface area contributed by atoms with Crippen molar-refractivity contribution in [3.8, 4) is 0 Å². The summed E-state index contributed by atoms with van der Waals surface area (Å²) in [6.07, 6.45) is 7.10. The van der Waals surface area contributed by atoms with Crippen molar-refractivity contribution in [1.82, 2.24) is 4.31 Å². The van der Waals surface area contributed by atoms with E-state index < -0.39 is 10.0 Å². The Labute approximate surface area is 152 Å². The lowest BCUT2D eigenvalue weighted by Crippen LogP contribution is -2.48. The minimum atomic E-state index is -3.39. The number of nitrogens with two attached hydrogens (primary N) is 1. The SMILES string of the molecule is CC1CN(S(=O)(=O)c2ccc(C3CCCCC3)cc2)CCC1N.Cl. The predicted molar refractivity (Wildman–Crippen MR) is 100 cm³/mol. The van der Waals surface area contributed by atoms with Crippen LogP contribution in [0.15, 0.2) is 29.2 Å². The lowest BCUT2D eigenvalue weighted by molar-refractivity contribution is 0.250. The zero-order valence-electron chi connectivity index (χ0n) is 14.4. The highest BCUT2D eigenvalue weighted by Crippen LogP contribution is 2.33. The summed E-state index contributed by atoms with van der Waals surface area (Å²) in [5, 5.41) is 0. The molecule has 2 atom stereocenters. The molecule has 2 aliphatic rings. The second-order valence-corrected chi connectivity index (χ2v) is 9.13. The Kier molecular flexibility index (Phi) is 6.71. The standard InChI is InChI=1S/C18H28N2O2S.ClH/c1-14-13-20(12-11-18(14)19)23(21,22)17-9-7-16(8-10-17)15-5-3-2-4-6-15;/h7-10,14-15,18H,2-6,11-13,19H2,1H3;1H. The van der Waals surface area contributed by atoms with E-state index in [-0.39, 0.29) is 24.4 Å². The van der Waals surface area contributed by atoms with Gasteiger partial charge in [0.05, 0.1) is 4.90 Å². The molecule has 1 heterocycles. The highest BCUT2D eigenvalue weighted by atomic mass is 35.5. The van der Waals surface area contributed by atoms with Crippen molar-refractivity contribution in [1.29, 1.82) is 0 Å². The number of benzene rings is 1. The molecule has 0 bridgehead atoms. The Balaban J connectivity index is 0.00000208. The van der Waals surface area contributed by atoms with Crippen LogP contribution < -0.4 is 5.73 Å². The average molecular weight is 373 g/mol. The molecular weight excluding hydrogens is 344 g/mol. The molecule has 0 radical (unpaired) electrons. The molecular formula is C18H29ClN2O2S. The van der Waals surface area contributed by atoms with Crippen LogP contribution in [-0.2, 0) is 10.0 Å². The van der Waals surface area contributed by atoms with E-state index in [2.05, 4.69) is 0 Å². The van der Waals surface area contributed by atoms with Gasteiger partial charge in [-0.15, -0.1) is 12.4 Å². The first-order valence-electron chi connectivity index (χ1n) is 8.84. The fourth-order valence-corrected chi connectivity index (χ4v) is 5.40. The maximum Gasteiger partial charge on any atom is 0.243 e. The summed E-state index contributed by atoms with van der Waals surface area (Å²) in [7, 11) is -3.39. The van der Waals surface area contributed by atoms with Crippen LogP contribution in [0.1, 0.15) is 56.9 Å². The number of hydrogen-bond donors (Lipinski definition) is 1. The van der Waals surface area contributed by atoms with Crippen molar-refractivity contribution in [3.63, 3.8) is 0 Å². The number of piperidine rings is 1. The maximum atomic E-state index is 12.8. The van der Waals surface area contributed by atoms with Crippen molar-refractivity contribution in [3.05, 3.63) is 29.8 Å². The second kappa shape index (κ2) is 8.17. The van der Waals surface area contributed by atoms with Gasteiger partial charge in [0.2, 0.25) is 10.0 Å². The molecule has 6 heteroatoms. The highest BCUT2D eigenvalue weighted by molar-refractivity contribution is 7.89. The van der Waals surface area contributed by atoms with Gasteiger partial charge in [0.1, 0.15) is 0 Å². The molecule has 1 saturated heterocycles. The van der Waals surface area contributed by atoms with E-state index in [1.54, 1.807) is 16.4 Å². The zero-order chi connectivity index (χ0) is 16.4. The zero-order valence-corrected chi connectivity index (χ0v) is 16.0. The Morgan fingerprint density at radius 1 is 1.04 bits per heavy atom. The minimum absolute atomic E-state index is 0. The second-order valence-electron chi connectivity index (χ2n) is 7.20. The molecule has 2 unspecified atom stereocenters. The minimum Gasteiger partial charge on any atom is -0.327 e. The highest BCUT2D eigenvalue weighted by Gasteiger charge is 2.32. The van der Waals surface area contributed by atoms with Crippen molar-refractivity contribution in [2.45, 2.75) is 62.3 Å². The molecule has 0 spiro atoms. The first-order chi connectivity index (χ1) is 11.0. The van der Waals surface area contributed by atoms with Gasteiger partial charge in [-0.25, -0.2) is 8.42 Å². The summed E-state index contributed by atoms with van der Waals surface area (Å²) in [5.74, 6) is 0.813. The van der Waals surface area contributed by atoms with E-state index in [0.29, 0.717) is 23.9 Å². The quantitative estimate of drug-likeness (QED) is 0.882. The molecule has 2 fully saturated rings. The van der Waals surface area contributed by atoms with E-state index in [1.165, 1.54) is 37.7 Å². The lowest BCUT2D eigenvalue weighted by Gasteiger charge is -2.34. The van der Waals surface area contributed by atoms with Crippen LogP contribution in [0.5, 0.6) is 0 Å². The van der Waals surface area contributed by atoms with Gasteiger partial charge in [-0.05, 0) is 48.8 Å². The Morgan fingerprint density at radius 3 is 2.25 bits per heavy atom. The summed E-state index contributed by atoms with van der Waals surface area (Å²) in [4.78, 5) is 0.416. The van der Waals surface area contributed by atoms with Crippen molar-refractivity contribution < 1.29 is 8.42 Å². The third-order valence-corrected chi connectivity index (χ3v) is 7.41. The fraction of sp³-hybridized carbons (Fsp3) is 0.667. The molecule has 1 aliphatic carbocycles. The number of halogens is 1. The number of sulfonamides is 1. The molecule has 3 rings (SSSR count).